The van der Waals surface area contributed by atoms with Gasteiger partial charge in [-0.1, -0.05) is 33.1 Å². The highest BCUT2D eigenvalue weighted by Gasteiger charge is 2.26. The molecule has 0 aliphatic rings. The summed E-state index contributed by atoms with van der Waals surface area (Å²) in [7, 11) is 1.71. The Morgan fingerprint density at radius 2 is 2.00 bits per heavy atom. The fourth-order valence-electron chi connectivity index (χ4n) is 1.58. The molecule has 0 bridgehead atoms. The lowest BCUT2D eigenvalue weighted by Gasteiger charge is -2.30. The van der Waals surface area contributed by atoms with E-state index in [9.17, 15) is 5.11 Å². The lowest BCUT2D eigenvalue weighted by Crippen LogP contribution is -2.33. The zero-order chi connectivity index (χ0) is 11.0. The Hall–Kier alpha value is -0.0800. The maximum atomic E-state index is 10.2. The SMILES string of the molecule is CCCCCC(C)(O)C(C)CCOC. The molecule has 0 rings (SSSR count). The van der Waals surface area contributed by atoms with Crippen molar-refractivity contribution in [3.8, 4) is 0 Å². The quantitative estimate of drug-likeness (QED) is 0.613. The van der Waals surface area contributed by atoms with E-state index < -0.39 is 5.60 Å². The molecule has 0 aromatic rings. The van der Waals surface area contributed by atoms with Gasteiger partial charge >= 0.3 is 0 Å². The molecule has 2 nitrogen and oxygen atoms in total. The number of unbranched alkanes of at least 4 members (excludes halogenated alkanes) is 2. The molecule has 0 saturated carbocycles. The molecule has 2 atom stereocenters. The number of ether oxygens (including phenoxy) is 1. The van der Waals surface area contributed by atoms with Gasteiger partial charge in [0.05, 0.1) is 5.60 Å². The molecule has 14 heavy (non-hydrogen) atoms. The Kier molecular flexibility index (Phi) is 7.20. The van der Waals surface area contributed by atoms with Crippen molar-refractivity contribution in [1.29, 1.82) is 0 Å². The van der Waals surface area contributed by atoms with Gasteiger partial charge in [0.2, 0.25) is 0 Å². The summed E-state index contributed by atoms with van der Waals surface area (Å²) in [6, 6.07) is 0. The average molecular weight is 202 g/mol. The van der Waals surface area contributed by atoms with E-state index in [1.165, 1.54) is 12.8 Å². The molecule has 1 N–H and O–H groups in total. The van der Waals surface area contributed by atoms with Crippen LogP contribution in [-0.4, -0.2) is 24.4 Å². The summed E-state index contributed by atoms with van der Waals surface area (Å²) in [6.07, 6.45) is 5.40. The third kappa shape index (κ3) is 5.61. The summed E-state index contributed by atoms with van der Waals surface area (Å²) in [5, 5.41) is 10.2. The van der Waals surface area contributed by atoms with Crippen molar-refractivity contribution in [2.45, 2.75) is 58.5 Å². The van der Waals surface area contributed by atoms with E-state index in [1.807, 2.05) is 6.92 Å². The summed E-state index contributed by atoms with van der Waals surface area (Å²) in [5.74, 6) is 0.319. The van der Waals surface area contributed by atoms with Crippen LogP contribution in [0.15, 0.2) is 0 Å². The third-order valence-corrected chi connectivity index (χ3v) is 3.10. The van der Waals surface area contributed by atoms with E-state index in [4.69, 9.17) is 4.74 Å². The van der Waals surface area contributed by atoms with Gasteiger partial charge in [-0.15, -0.1) is 0 Å². The number of rotatable bonds is 8. The van der Waals surface area contributed by atoms with Gasteiger partial charge in [-0.25, -0.2) is 0 Å². The van der Waals surface area contributed by atoms with Crippen LogP contribution in [0.5, 0.6) is 0 Å². The van der Waals surface area contributed by atoms with Gasteiger partial charge in [-0.3, -0.25) is 0 Å². The van der Waals surface area contributed by atoms with Crippen LogP contribution in [0, 0.1) is 5.92 Å². The first kappa shape index (κ1) is 13.9. The minimum Gasteiger partial charge on any atom is -0.390 e. The van der Waals surface area contributed by atoms with Crippen molar-refractivity contribution in [2.24, 2.45) is 5.92 Å². The summed E-state index contributed by atoms with van der Waals surface area (Å²) < 4.78 is 5.02. The molecule has 86 valence electrons. The zero-order valence-corrected chi connectivity index (χ0v) is 10.2. The number of hydrogen-bond donors (Lipinski definition) is 1. The van der Waals surface area contributed by atoms with Gasteiger partial charge < -0.3 is 9.84 Å². The second-order valence-electron chi connectivity index (χ2n) is 4.50. The largest absolute Gasteiger partial charge is 0.390 e. The van der Waals surface area contributed by atoms with E-state index in [1.54, 1.807) is 7.11 Å². The molecule has 0 aromatic heterocycles. The van der Waals surface area contributed by atoms with Gasteiger partial charge in [0.15, 0.2) is 0 Å². The Bertz CT molecular complexity index is 132. The van der Waals surface area contributed by atoms with Crippen LogP contribution in [0.2, 0.25) is 0 Å². The first-order valence-electron chi connectivity index (χ1n) is 5.76. The molecular formula is C12H26O2. The fourth-order valence-corrected chi connectivity index (χ4v) is 1.58. The normalized spacial score (nSPS) is 17.8. The average Bonchev–Trinajstić information content (AvgIpc) is 2.14. The van der Waals surface area contributed by atoms with Crippen molar-refractivity contribution in [3.63, 3.8) is 0 Å². The zero-order valence-electron chi connectivity index (χ0n) is 10.2. The number of methoxy groups -OCH3 is 1. The van der Waals surface area contributed by atoms with E-state index >= 15 is 0 Å². The smallest absolute Gasteiger partial charge is 0.0646 e. The van der Waals surface area contributed by atoms with Crippen molar-refractivity contribution in [1.82, 2.24) is 0 Å². The second kappa shape index (κ2) is 7.24. The molecule has 0 aromatic carbocycles. The molecule has 2 unspecified atom stereocenters. The van der Waals surface area contributed by atoms with Crippen molar-refractivity contribution in [3.05, 3.63) is 0 Å². The molecule has 0 spiro atoms. The molecule has 0 heterocycles. The van der Waals surface area contributed by atoms with Crippen LogP contribution in [0.1, 0.15) is 52.9 Å². The van der Waals surface area contributed by atoms with Crippen molar-refractivity contribution < 1.29 is 9.84 Å². The summed E-state index contributed by atoms with van der Waals surface area (Å²) in [5.41, 5.74) is -0.520. The molecule has 0 fully saturated rings. The van der Waals surface area contributed by atoms with Crippen LogP contribution in [-0.2, 0) is 4.74 Å². The fraction of sp³-hybridized carbons (Fsp3) is 1.00. The van der Waals surface area contributed by atoms with Crippen LogP contribution in [0.3, 0.4) is 0 Å². The van der Waals surface area contributed by atoms with Gasteiger partial charge in [0.1, 0.15) is 0 Å². The summed E-state index contributed by atoms with van der Waals surface area (Å²) >= 11 is 0. The lowest BCUT2D eigenvalue weighted by atomic mass is 9.84. The molecule has 0 amide bonds. The Morgan fingerprint density at radius 1 is 1.36 bits per heavy atom. The van der Waals surface area contributed by atoms with Crippen molar-refractivity contribution in [2.75, 3.05) is 13.7 Å². The molecule has 0 radical (unpaired) electrons. The predicted octanol–water partition coefficient (Wildman–Crippen LogP) is 2.99. The number of aliphatic hydroxyl groups is 1. The minimum absolute atomic E-state index is 0.319. The Morgan fingerprint density at radius 3 is 2.50 bits per heavy atom. The van der Waals surface area contributed by atoms with Crippen LogP contribution in [0.25, 0.3) is 0 Å². The van der Waals surface area contributed by atoms with Gasteiger partial charge in [0.25, 0.3) is 0 Å². The third-order valence-electron chi connectivity index (χ3n) is 3.10. The molecule has 0 aliphatic heterocycles. The Balaban J connectivity index is 3.77. The molecule has 0 aliphatic carbocycles. The minimum atomic E-state index is -0.520. The van der Waals surface area contributed by atoms with Gasteiger partial charge in [0, 0.05) is 13.7 Å². The van der Waals surface area contributed by atoms with E-state index in [2.05, 4.69) is 13.8 Å². The highest BCUT2D eigenvalue weighted by molar-refractivity contribution is 4.78. The summed E-state index contributed by atoms with van der Waals surface area (Å²) in [6.45, 7) is 6.97. The monoisotopic (exact) mass is 202 g/mol. The van der Waals surface area contributed by atoms with Crippen LogP contribution >= 0.6 is 0 Å². The lowest BCUT2D eigenvalue weighted by molar-refractivity contribution is -0.0150. The predicted molar refractivity (Wildman–Crippen MR) is 60.4 cm³/mol. The van der Waals surface area contributed by atoms with E-state index in [0.29, 0.717) is 5.92 Å². The Labute approximate surface area is 88.7 Å². The van der Waals surface area contributed by atoms with E-state index in [0.717, 1.165) is 25.9 Å². The second-order valence-corrected chi connectivity index (χ2v) is 4.50. The van der Waals surface area contributed by atoms with Crippen LogP contribution < -0.4 is 0 Å². The maximum absolute atomic E-state index is 10.2. The molecular weight excluding hydrogens is 176 g/mol. The summed E-state index contributed by atoms with van der Waals surface area (Å²) in [4.78, 5) is 0. The number of hydrogen-bond acceptors (Lipinski definition) is 2. The highest BCUT2D eigenvalue weighted by Crippen LogP contribution is 2.26. The van der Waals surface area contributed by atoms with Gasteiger partial charge in [-0.2, -0.15) is 0 Å². The molecule has 2 heteroatoms. The van der Waals surface area contributed by atoms with Crippen LogP contribution in [0.4, 0.5) is 0 Å². The first-order valence-corrected chi connectivity index (χ1v) is 5.76. The highest BCUT2D eigenvalue weighted by atomic mass is 16.5. The van der Waals surface area contributed by atoms with E-state index in [-0.39, 0.29) is 0 Å². The molecule has 0 saturated heterocycles. The first-order chi connectivity index (χ1) is 6.54. The standard InChI is InChI=1S/C12H26O2/c1-5-6-7-9-12(3,13)11(2)8-10-14-4/h11,13H,5-10H2,1-4H3. The maximum Gasteiger partial charge on any atom is 0.0646 e. The topological polar surface area (TPSA) is 29.5 Å². The van der Waals surface area contributed by atoms with Gasteiger partial charge in [-0.05, 0) is 25.7 Å². The van der Waals surface area contributed by atoms with Crippen molar-refractivity contribution >= 4 is 0 Å².